The number of halogens is 1. The van der Waals surface area contributed by atoms with Gasteiger partial charge in [0.05, 0.1) is 0 Å². The van der Waals surface area contributed by atoms with E-state index in [0.29, 0.717) is 0 Å². The van der Waals surface area contributed by atoms with Crippen LogP contribution in [0, 0.1) is 0 Å². The Balaban J connectivity index is 3.03. The molecule has 0 fully saturated rings. The maximum absolute atomic E-state index is 10.7. The van der Waals surface area contributed by atoms with Crippen molar-refractivity contribution in [2.75, 3.05) is 0 Å². The number of aromatic hydroxyl groups is 1. The van der Waals surface area contributed by atoms with Crippen LogP contribution in [0.25, 0.3) is 0 Å². The molecule has 3 nitrogen and oxygen atoms in total. The van der Waals surface area contributed by atoms with Crippen LogP contribution < -0.4 is 0 Å². The van der Waals surface area contributed by atoms with E-state index in [1.165, 1.54) is 12.1 Å². The van der Waals surface area contributed by atoms with Crippen LogP contribution in [0.5, 0.6) is 5.75 Å². The lowest BCUT2D eigenvalue weighted by atomic mass is 10.2. The Morgan fingerprint density at radius 2 is 2.09 bits per heavy atom. The largest absolute Gasteiger partial charge is 0.507 e. The third kappa shape index (κ3) is 1.62. The molecule has 4 heteroatoms. The SMILES string of the molecule is O=C(OCl)c1ccccc1O. The van der Waals surface area contributed by atoms with E-state index in [9.17, 15) is 4.79 Å². The number of benzene rings is 1. The quantitative estimate of drug-likeness (QED) is 0.702. The molecule has 0 bridgehead atoms. The van der Waals surface area contributed by atoms with E-state index in [1.807, 2.05) is 0 Å². The summed E-state index contributed by atoms with van der Waals surface area (Å²) in [6.07, 6.45) is 0. The van der Waals surface area contributed by atoms with Gasteiger partial charge in [-0.05, 0) is 12.1 Å². The summed E-state index contributed by atoms with van der Waals surface area (Å²) in [6.45, 7) is 0. The third-order valence-electron chi connectivity index (χ3n) is 1.19. The number of phenols is 1. The van der Waals surface area contributed by atoms with E-state index in [4.69, 9.17) is 17.0 Å². The topological polar surface area (TPSA) is 46.5 Å². The molecule has 0 atom stereocenters. The monoisotopic (exact) mass is 172 g/mol. The number of hydrogen-bond donors (Lipinski definition) is 1. The van der Waals surface area contributed by atoms with Gasteiger partial charge >= 0.3 is 5.97 Å². The van der Waals surface area contributed by atoms with Gasteiger partial charge in [-0.3, -0.25) is 0 Å². The molecule has 0 aliphatic carbocycles. The molecule has 1 N–H and O–H groups in total. The zero-order valence-corrected chi connectivity index (χ0v) is 6.21. The highest BCUT2D eigenvalue weighted by Gasteiger charge is 2.09. The molecule has 0 radical (unpaired) electrons. The van der Waals surface area contributed by atoms with Crippen molar-refractivity contribution in [1.82, 2.24) is 0 Å². The van der Waals surface area contributed by atoms with Crippen molar-refractivity contribution in [1.29, 1.82) is 0 Å². The summed E-state index contributed by atoms with van der Waals surface area (Å²) < 4.78 is 3.89. The van der Waals surface area contributed by atoms with Gasteiger partial charge in [0, 0.05) is 0 Å². The molecule has 0 spiro atoms. The van der Waals surface area contributed by atoms with E-state index < -0.39 is 5.97 Å². The first-order valence-corrected chi connectivity index (χ1v) is 3.17. The summed E-state index contributed by atoms with van der Waals surface area (Å²) >= 11 is 4.80. The number of para-hydroxylation sites is 1. The minimum absolute atomic E-state index is 0.0579. The Hall–Kier alpha value is -1.22. The zero-order valence-electron chi connectivity index (χ0n) is 5.45. The molecule has 0 amide bonds. The summed E-state index contributed by atoms with van der Waals surface area (Å²) in [4.78, 5) is 10.7. The van der Waals surface area contributed by atoms with Crippen molar-refractivity contribution in [3.05, 3.63) is 29.8 Å². The van der Waals surface area contributed by atoms with Gasteiger partial charge < -0.3 is 9.40 Å². The maximum Gasteiger partial charge on any atom is 0.360 e. The summed E-state index contributed by atoms with van der Waals surface area (Å²) in [5, 5.41) is 9.05. The number of phenolic OH excluding ortho intramolecular Hbond substituents is 1. The average Bonchev–Trinajstić information content (AvgIpc) is 2.04. The van der Waals surface area contributed by atoms with Crippen LogP contribution in [0.1, 0.15) is 10.4 Å². The van der Waals surface area contributed by atoms with Gasteiger partial charge in [-0.15, -0.1) is 0 Å². The second kappa shape index (κ2) is 3.25. The van der Waals surface area contributed by atoms with Crippen LogP contribution >= 0.6 is 11.9 Å². The summed E-state index contributed by atoms with van der Waals surface area (Å²) in [6, 6.07) is 5.99. The molecule has 0 aromatic heterocycles. The lowest BCUT2D eigenvalue weighted by Crippen LogP contribution is -1.97. The first kappa shape index (κ1) is 7.88. The van der Waals surface area contributed by atoms with Crippen molar-refractivity contribution in [3.8, 4) is 5.75 Å². The van der Waals surface area contributed by atoms with E-state index in [0.717, 1.165) is 0 Å². The van der Waals surface area contributed by atoms with Crippen LogP contribution in [0.3, 0.4) is 0 Å². The Morgan fingerprint density at radius 1 is 1.45 bits per heavy atom. The number of carbonyl (C=O) groups excluding carboxylic acids is 1. The number of rotatable bonds is 1. The summed E-state index contributed by atoms with van der Waals surface area (Å²) in [5.41, 5.74) is 0.0579. The fourth-order valence-electron chi connectivity index (χ4n) is 0.688. The minimum atomic E-state index is -0.759. The zero-order chi connectivity index (χ0) is 8.27. The van der Waals surface area contributed by atoms with Crippen LogP contribution in [-0.4, -0.2) is 11.1 Å². The molecule has 0 saturated heterocycles. The van der Waals surface area contributed by atoms with Crippen molar-refractivity contribution < 1.29 is 14.2 Å². The van der Waals surface area contributed by atoms with Crippen molar-refractivity contribution in [2.24, 2.45) is 0 Å². The third-order valence-corrected chi connectivity index (χ3v) is 1.33. The van der Waals surface area contributed by atoms with Gasteiger partial charge in [0.15, 0.2) is 0 Å². The molecule has 58 valence electrons. The van der Waals surface area contributed by atoms with E-state index >= 15 is 0 Å². The van der Waals surface area contributed by atoms with Gasteiger partial charge in [0.25, 0.3) is 0 Å². The van der Waals surface area contributed by atoms with Crippen LogP contribution in [0.15, 0.2) is 24.3 Å². The summed E-state index contributed by atoms with van der Waals surface area (Å²) in [7, 11) is 0. The van der Waals surface area contributed by atoms with Crippen LogP contribution in [-0.2, 0) is 4.29 Å². The normalized spacial score (nSPS) is 9.18. The Kier molecular flexibility index (Phi) is 2.33. The Bertz CT molecular complexity index is 272. The highest BCUT2D eigenvalue weighted by Crippen LogP contribution is 2.16. The Labute approximate surface area is 68.3 Å². The number of hydrogen-bond acceptors (Lipinski definition) is 3. The standard InChI is InChI=1S/C7H5ClO3/c8-11-7(10)5-3-1-2-4-6(5)9/h1-4,9H. The molecule has 1 rings (SSSR count). The Morgan fingerprint density at radius 3 is 2.64 bits per heavy atom. The van der Waals surface area contributed by atoms with Gasteiger partial charge in [-0.2, -0.15) is 0 Å². The van der Waals surface area contributed by atoms with Crippen LogP contribution in [0.4, 0.5) is 0 Å². The van der Waals surface area contributed by atoms with E-state index in [-0.39, 0.29) is 11.3 Å². The highest BCUT2D eigenvalue weighted by atomic mass is 35.5. The second-order valence-corrected chi connectivity index (χ2v) is 2.04. The molecule has 1 aromatic carbocycles. The van der Waals surface area contributed by atoms with Gasteiger partial charge in [0.1, 0.15) is 23.2 Å². The molecule has 0 saturated carbocycles. The van der Waals surface area contributed by atoms with Gasteiger partial charge in [-0.1, -0.05) is 12.1 Å². The van der Waals surface area contributed by atoms with Gasteiger partial charge in [0.2, 0.25) is 0 Å². The first-order chi connectivity index (χ1) is 5.25. The molecular formula is C7H5ClO3. The van der Waals surface area contributed by atoms with Crippen LogP contribution in [0.2, 0.25) is 0 Å². The maximum atomic E-state index is 10.7. The van der Waals surface area contributed by atoms with Crippen molar-refractivity contribution in [3.63, 3.8) is 0 Å². The highest BCUT2D eigenvalue weighted by molar-refractivity contribution is 6.16. The molecule has 11 heavy (non-hydrogen) atoms. The molecule has 0 heterocycles. The number of carbonyl (C=O) groups is 1. The fraction of sp³-hybridized carbons (Fsp3) is 0. The lowest BCUT2D eigenvalue weighted by Gasteiger charge is -1.97. The fourth-order valence-corrected chi connectivity index (χ4v) is 0.771. The van der Waals surface area contributed by atoms with Crippen molar-refractivity contribution in [2.45, 2.75) is 0 Å². The molecule has 0 unspecified atom stereocenters. The lowest BCUT2D eigenvalue weighted by molar-refractivity contribution is 0.0748. The molecule has 1 aromatic rings. The smallest absolute Gasteiger partial charge is 0.360 e. The van der Waals surface area contributed by atoms with Crippen molar-refractivity contribution >= 4 is 17.8 Å². The van der Waals surface area contributed by atoms with Gasteiger partial charge in [-0.25, -0.2) is 4.79 Å². The predicted molar refractivity (Wildman–Crippen MR) is 39.4 cm³/mol. The molecule has 0 aliphatic rings. The molecular weight excluding hydrogens is 168 g/mol. The average molecular weight is 173 g/mol. The molecule has 0 aliphatic heterocycles. The van der Waals surface area contributed by atoms with E-state index in [2.05, 4.69) is 4.29 Å². The first-order valence-electron chi connectivity index (χ1n) is 2.86. The van der Waals surface area contributed by atoms with E-state index in [1.54, 1.807) is 12.1 Å². The minimum Gasteiger partial charge on any atom is -0.507 e. The predicted octanol–water partition coefficient (Wildman–Crippen LogP) is 1.70. The summed E-state index contributed by atoms with van der Waals surface area (Å²) in [5.74, 6) is -0.900. The second-order valence-electron chi connectivity index (χ2n) is 1.88.